The number of hydrogen-bond donors (Lipinski definition) is 0. The van der Waals surface area contributed by atoms with Crippen LogP contribution in [0.1, 0.15) is 24.7 Å². The third kappa shape index (κ3) is 2.32. The number of nitrogens with zero attached hydrogens (tertiary/aromatic N) is 3. The van der Waals surface area contributed by atoms with Gasteiger partial charge in [-0.1, -0.05) is 6.92 Å². The number of ketones is 1. The highest BCUT2D eigenvalue weighted by molar-refractivity contribution is 5.81. The molecule has 1 atom stereocenters. The fourth-order valence-corrected chi connectivity index (χ4v) is 2.28. The first-order valence-electron chi connectivity index (χ1n) is 5.81. The van der Waals surface area contributed by atoms with Crippen molar-refractivity contribution in [3.8, 4) is 0 Å². The highest BCUT2D eigenvalue weighted by atomic mass is 16.1. The van der Waals surface area contributed by atoms with Crippen molar-refractivity contribution in [3.05, 3.63) is 17.5 Å². The van der Waals surface area contributed by atoms with Crippen molar-refractivity contribution in [1.82, 2.24) is 14.7 Å². The highest BCUT2D eigenvalue weighted by Gasteiger charge is 2.23. The van der Waals surface area contributed by atoms with Gasteiger partial charge in [-0.05, 0) is 13.0 Å². The molecule has 1 aliphatic heterocycles. The second-order valence-corrected chi connectivity index (χ2v) is 4.75. The molecule has 0 saturated carbocycles. The lowest BCUT2D eigenvalue weighted by Crippen LogP contribution is -2.39. The zero-order valence-corrected chi connectivity index (χ0v) is 10.2. The number of likely N-dealkylation sites (tertiary alicyclic amines) is 1. The van der Waals surface area contributed by atoms with E-state index >= 15 is 0 Å². The van der Waals surface area contributed by atoms with Crippen molar-refractivity contribution < 1.29 is 4.79 Å². The molecule has 0 aromatic carbocycles. The molecule has 1 unspecified atom stereocenters. The van der Waals surface area contributed by atoms with E-state index in [4.69, 9.17) is 0 Å². The lowest BCUT2D eigenvalue weighted by atomic mass is 9.98. The Morgan fingerprint density at radius 2 is 2.31 bits per heavy atom. The van der Waals surface area contributed by atoms with Crippen molar-refractivity contribution in [2.75, 3.05) is 13.1 Å². The maximum atomic E-state index is 11.4. The molecule has 4 heteroatoms. The first-order chi connectivity index (χ1) is 7.56. The Morgan fingerprint density at radius 3 is 2.88 bits per heavy atom. The summed E-state index contributed by atoms with van der Waals surface area (Å²) < 4.78 is 1.93. The molecule has 88 valence electrons. The summed E-state index contributed by atoms with van der Waals surface area (Å²) in [4.78, 5) is 13.8. The van der Waals surface area contributed by atoms with E-state index in [9.17, 15) is 4.79 Å². The molecule has 0 bridgehead atoms. The maximum absolute atomic E-state index is 11.4. The summed E-state index contributed by atoms with van der Waals surface area (Å²) in [5.74, 6) is 0.584. The molecule has 2 heterocycles. The van der Waals surface area contributed by atoms with Gasteiger partial charge in [-0.3, -0.25) is 14.4 Å². The summed E-state index contributed by atoms with van der Waals surface area (Å²) in [6.07, 6.45) is 0.692. The first kappa shape index (κ1) is 11.3. The second kappa shape index (κ2) is 4.37. The largest absolute Gasteiger partial charge is 0.299 e. The Kier molecular flexibility index (Phi) is 3.10. The van der Waals surface area contributed by atoms with Crippen LogP contribution >= 0.6 is 0 Å². The molecular weight excluding hydrogens is 202 g/mol. The zero-order valence-electron chi connectivity index (χ0n) is 10.2. The molecule has 0 spiro atoms. The highest BCUT2D eigenvalue weighted by Crippen LogP contribution is 2.15. The monoisotopic (exact) mass is 221 g/mol. The van der Waals surface area contributed by atoms with Gasteiger partial charge in [0.2, 0.25) is 0 Å². The lowest BCUT2D eigenvalue weighted by Gasteiger charge is -2.29. The minimum absolute atomic E-state index is 0.183. The molecular formula is C12H19N3O. The van der Waals surface area contributed by atoms with E-state index in [0.717, 1.165) is 25.3 Å². The smallest absolute Gasteiger partial charge is 0.138 e. The topological polar surface area (TPSA) is 38.1 Å². The molecule has 16 heavy (non-hydrogen) atoms. The predicted molar refractivity (Wildman–Crippen MR) is 62.0 cm³/mol. The fourth-order valence-electron chi connectivity index (χ4n) is 2.28. The van der Waals surface area contributed by atoms with Crippen LogP contribution in [-0.2, 0) is 18.4 Å². The number of Topliss-reactive ketones (excluding diaryl/α,β-unsaturated/α-hetero) is 1. The SMILES string of the molecule is Cc1cc(CN2CCC(=O)C(C)C2)n(C)n1. The van der Waals surface area contributed by atoms with Crippen LogP contribution in [0.4, 0.5) is 0 Å². The number of piperidine rings is 1. The van der Waals surface area contributed by atoms with Crippen molar-refractivity contribution >= 4 is 5.78 Å². The van der Waals surface area contributed by atoms with Gasteiger partial charge in [0.25, 0.3) is 0 Å². The van der Waals surface area contributed by atoms with Gasteiger partial charge in [0, 0.05) is 39.0 Å². The van der Waals surface area contributed by atoms with Crippen LogP contribution in [0.25, 0.3) is 0 Å². The Bertz CT molecular complexity index is 397. The maximum Gasteiger partial charge on any atom is 0.138 e. The number of rotatable bonds is 2. The van der Waals surface area contributed by atoms with E-state index in [-0.39, 0.29) is 5.92 Å². The van der Waals surface area contributed by atoms with E-state index in [0.29, 0.717) is 12.2 Å². The van der Waals surface area contributed by atoms with Crippen molar-refractivity contribution in [3.63, 3.8) is 0 Å². The minimum Gasteiger partial charge on any atom is -0.299 e. The predicted octanol–water partition coefficient (Wildman–Crippen LogP) is 1.14. The number of carbonyl (C=O) groups is 1. The average molecular weight is 221 g/mol. The molecule has 1 saturated heterocycles. The van der Waals surface area contributed by atoms with Crippen LogP contribution in [0.2, 0.25) is 0 Å². The average Bonchev–Trinajstić information content (AvgIpc) is 2.51. The van der Waals surface area contributed by atoms with Crippen LogP contribution < -0.4 is 0 Å². The first-order valence-corrected chi connectivity index (χ1v) is 5.81. The molecule has 0 aliphatic carbocycles. The van der Waals surface area contributed by atoms with Crippen LogP contribution in [-0.4, -0.2) is 33.6 Å². The number of aromatic nitrogens is 2. The van der Waals surface area contributed by atoms with Crippen LogP contribution in [0, 0.1) is 12.8 Å². The summed E-state index contributed by atoms with van der Waals surface area (Å²) in [6, 6.07) is 2.11. The van der Waals surface area contributed by atoms with Crippen LogP contribution in [0.3, 0.4) is 0 Å². The molecule has 0 radical (unpaired) electrons. The summed E-state index contributed by atoms with van der Waals surface area (Å²) in [7, 11) is 1.97. The fraction of sp³-hybridized carbons (Fsp3) is 0.667. The molecule has 0 amide bonds. The summed E-state index contributed by atoms with van der Waals surface area (Å²) >= 11 is 0. The minimum atomic E-state index is 0.183. The van der Waals surface area contributed by atoms with E-state index in [1.807, 2.05) is 25.6 Å². The summed E-state index contributed by atoms with van der Waals surface area (Å²) in [6.45, 7) is 6.68. The molecule has 1 fully saturated rings. The van der Waals surface area contributed by atoms with Gasteiger partial charge < -0.3 is 0 Å². The van der Waals surface area contributed by atoms with Crippen molar-refractivity contribution in [2.45, 2.75) is 26.8 Å². The van der Waals surface area contributed by atoms with E-state index in [1.165, 1.54) is 5.69 Å². The molecule has 1 aromatic heterocycles. The number of carbonyl (C=O) groups excluding carboxylic acids is 1. The Balaban J connectivity index is 2.00. The third-order valence-corrected chi connectivity index (χ3v) is 3.24. The molecule has 2 rings (SSSR count). The van der Waals surface area contributed by atoms with E-state index in [1.54, 1.807) is 0 Å². The van der Waals surface area contributed by atoms with Gasteiger partial charge in [0.05, 0.1) is 11.4 Å². The standard InChI is InChI=1S/C12H19N3O/c1-9-7-15(5-4-12(9)16)8-11-6-10(2)13-14(11)3/h6,9H,4-5,7-8H2,1-3H3. The number of hydrogen-bond acceptors (Lipinski definition) is 3. The lowest BCUT2D eigenvalue weighted by molar-refractivity contribution is -0.125. The Morgan fingerprint density at radius 1 is 1.56 bits per heavy atom. The van der Waals surface area contributed by atoms with Gasteiger partial charge in [-0.2, -0.15) is 5.10 Å². The van der Waals surface area contributed by atoms with Gasteiger partial charge in [-0.25, -0.2) is 0 Å². The van der Waals surface area contributed by atoms with Gasteiger partial charge in [0.15, 0.2) is 0 Å². The Labute approximate surface area is 96.2 Å². The molecule has 0 N–H and O–H groups in total. The number of aryl methyl sites for hydroxylation is 2. The van der Waals surface area contributed by atoms with Crippen molar-refractivity contribution in [2.24, 2.45) is 13.0 Å². The van der Waals surface area contributed by atoms with E-state index in [2.05, 4.69) is 16.1 Å². The van der Waals surface area contributed by atoms with E-state index < -0.39 is 0 Å². The molecule has 1 aromatic rings. The quantitative estimate of drug-likeness (QED) is 0.751. The Hall–Kier alpha value is -1.16. The van der Waals surface area contributed by atoms with Crippen LogP contribution in [0.15, 0.2) is 6.07 Å². The van der Waals surface area contributed by atoms with Crippen LogP contribution in [0.5, 0.6) is 0 Å². The van der Waals surface area contributed by atoms with Gasteiger partial charge >= 0.3 is 0 Å². The second-order valence-electron chi connectivity index (χ2n) is 4.75. The van der Waals surface area contributed by atoms with Gasteiger partial charge in [-0.15, -0.1) is 0 Å². The summed E-state index contributed by atoms with van der Waals surface area (Å²) in [5, 5.41) is 4.33. The summed E-state index contributed by atoms with van der Waals surface area (Å²) in [5.41, 5.74) is 2.28. The molecule has 4 nitrogen and oxygen atoms in total. The molecule has 1 aliphatic rings. The third-order valence-electron chi connectivity index (χ3n) is 3.24. The van der Waals surface area contributed by atoms with Gasteiger partial charge in [0.1, 0.15) is 5.78 Å². The normalized spacial score (nSPS) is 22.7. The zero-order chi connectivity index (χ0) is 11.7. The van der Waals surface area contributed by atoms with Crippen molar-refractivity contribution in [1.29, 1.82) is 0 Å².